The molecule has 3 heteroatoms. The number of Topliss-reactive ketones (excluding diaryl/α,β-unsaturated/α-hetero) is 1. The molecule has 0 radical (unpaired) electrons. The first-order valence-electron chi connectivity index (χ1n) is 5.89. The number of nitrogens with one attached hydrogen (secondary N) is 1. The van der Waals surface area contributed by atoms with Gasteiger partial charge in [-0.3, -0.25) is 9.59 Å². The lowest BCUT2D eigenvalue weighted by molar-refractivity contribution is -0.127. The summed E-state index contributed by atoms with van der Waals surface area (Å²) in [5, 5.41) is 2.74. The quantitative estimate of drug-likeness (QED) is 0.773. The minimum atomic E-state index is -0.332. The molecule has 1 atom stereocenters. The highest BCUT2D eigenvalue weighted by Crippen LogP contribution is 2.26. The van der Waals surface area contributed by atoms with Gasteiger partial charge in [0.1, 0.15) is 0 Å². The van der Waals surface area contributed by atoms with Gasteiger partial charge >= 0.3 is 0 Å². The fourth-order valence-corrected chi connectivity index (χ4v) is 2.06. The summed E-state index contributed by atoms with van der Waals surface area (Å²) in [4.78, 5) is 22.5. The van der Waals surface area contributed by atoms with Crippen molar-refractivity contribution in [3.8, 4) is 0 Å². The molecule has 3 nitrogen and oxygen atoms in total. The molecule has 1 amide bonds. The highest BCUT2D eigenvalue weighted by atomic mass is 16.2. The van der Waals surface area contributed by atoms with Gasteiger partial charge in [-0.05, 0) is 32.6 Å². The van der Waals surface area contributed by atoms with Crippen LogP contribution in [0.15, 0.2) is 0 Å². The zero-order chi connectivity index (χ0) is 11.3. The lowest BCUT2D eigenvalue weighted by Gasteiger charge is -2.21. The summed E-state index contributed by atoms with van der Waals surface area (Å²) >= 11 is 0. The molecular weight excluding hydrogens is 190 g/mol. The third-order valence-corrected chi connectivity index (χ3v) is 3.19. The summed E-state index contributed by atoms with van der Waals surface area (Å²) in [5.74, 6) is 0.592. The van der Waals surface area contributed by atoms with Crippen LogP contribution in [0.4, 0.5) is 0 Å². The van der Waals surface area contributed by atoms with E-state index in [2.05, 4.69) is 5.32 Å². The Balaban J connectivity index is 2.25. The van der Waals surface area contributed by atoms with Gasteiger partial charge in [0.05, 0.1) is 6.04 Å². The van der Waals surface area contributed by atoms with Gasteiger partial charge in [-0.1, -0.05) is 19.3 Å². The van der Waals surface area contributed by atoms with Crippen LogP contribution in [0.2, 0.25) is 0 Å². The van der Waals surface area contributed by atoms with Gasteiger partial charge in [0.15, 0.2) is 5.78 Å². The van der Waals surface area contributed by atoms with Crippen molar-refractivity contribution < 1.29 is 9.59 Å². The van der Waals surface area contributed by atoms with Gasteiger partial charge in [0.2, 0.25) is 5.91 Å². The molecule has 0 bridgehead atoms. The topological polar surface area (TPSA) is 46.2 Å². The minimum absolute atomic E-state index is 0.0204. The number of rotatable bonds is 4. The second kappa shape index (κ2) is 5.89. The molecule has 1 unspecified atom stereocenters. The number of amides is 1. The van der Waals surface area contributed by atoms with Crippen LogP contribution < -0.4 is 5.32 Å². The molecule has 1 rings (SSSR count). The number of carbonyl (C=O) groups excluding carboxylic acids is 2. The summed E-state index contributed by atoms with van der Waals surface area (Å²) in [6, 6.07) is -0.332. The van der Waals surface area contributed by atoms with Gasteiger partial charge in [0.25, 0.3) is 0 Å². The van der Waals surface area contributed by atoms with Gasteiger partial charge < -0.3 is 5.32 Å². The van der Waals surface area contributed by atoms with Crippen molar-refractivity contribution in [3.05, 3.63) is 0 Å². The first-order chi connectivity index (χ1) is 7.09. The smallest absolute Gasteiger partial charge is 0.220 e. The summed E-state index contributed by atoms with van der Waals surface area (Å²) in [7, 11) is 0. The minimum Gasteiger partial charge on any atom is -0.347 e. The second-order valence-electron chi connectivity index (χ2n) is 4.61. The van der Waals surface area contributed by atoms with Gasteiger partial charge in [0, 0.05) is 6.42 Å². The van der Waals surface area contributed by atoms with Crippen molar-refractivity contribution >= 4 is 11.7 Å². The average Bonchev–Trinajstić information content (AvgIpc) is 2.18. The first kappa shape index (κ1) is 12.2. The van der Waals surface area contributed by atoms with Crippen LogP contribution in [0, 0.1) is 5.92 Å². The Kier molecular flexibility index (Phi) is 4.79. The van der Waals surface area contributed by atoms with E-state index < -0.39 is 0 Å². The maximum absolute atomic E-state index is 11.6. The largest absolute Gasteiger partial charge is 0.347 e. The predicted molar refractivity (Wildman–Crippen MR) is 59.5 cm³/mol. The normalized spacial score (nSPS) is 19.6. The standard InChI is InChI=1S/C12H21NO2/c1-9(10(2)14)13-12(15)8-11-6-4-3-5-7-11/h9,11H,3-8H2,1-2H3,(H,13,15). The van der Waals surface area contributed by atoms with E-state index in [1.807, 2.05) is 0 Å². The van der Waals surface area contributed by atoms with Gasteiger partial charge in [-0.2, -0.15) is 0 Å². The van der Waals surface area contributed by atoms with Crippen LogP contribution in [0.3, 0.4) is 0 Å². The lowest BCUT2D eigenvalue weighted by atomic mass is 9.87. The van der Waals surface area contributed by atoms with E-state index in [4.69, 9.17) is 0 Å². The Morgan fingerprint density at radius 2 is 1.87 bits per heavy atom. The monoisotopic (exact) mass is 211 g/mol. The molecule has 0 saturated heterocycles. The highest BCUT2D eigenvalue weighted by Gasteiger charge is 2.18. The van der Waals surface area contributed by atoms with Gasteiger partial charge in [-0.25, -0.2) is 0 Å². The maximum atomic E-state index is 11.6. The van der Waals surface area contributed by atoms with Crippen molar-refractivity contribution in [1.29, 1.82) is 0 Å². The SMILES string of the molecule is CC(=O)C(C)NC(=O)CC1CCCCC1. The van der Waals surface area contributed by atoms with E-state index in [1.54, 1.807) is 6.92 Å². The van der Waals surface area contributed by atoms with Crippen LogP contribution in [-0.2, 0) is 9.59 Å². The zero-order valence-electron chi connectivity index (χ0n) is 9.71. The van der Waals surface area contributed by atoms with Gasteiger partial charge in [-0.15, -0.1) is 0 Å². The Morgan fingerprint density at radius 3 is 2.40 bits per heavy atom. The van der Waals surface area contributed by atoms with E-state index in [0.29, 0.717) is 12.3 Å². The summed E-state index contributed by atoms with van der Waals surface area (Å²) in [6.07, 6.45) is 6.74. The van der Waals surface area contributed by atoms with E-state index in [9.17, 15) is 9.59 Å². The molecule has 1 aliphatic rings. The lowest BCUT2D eigenvalue weighted by Crippen LogP contribution is -2.38. The van der Waals surface area contributed by atoms with E-state index in [0.717, 1.165) is 0 Å². The van der Waals surface area contributed by atoms with Crippen LogP contribution in [0.25, 0.3) is 0 Å². The van der Waals surface area contributed by atoms with E-state index in [1.165, 1.54) is 39.0 Å². The molecule has 1 aliphatic carbocycles. The molecule has 0 aromatic heterocycles. The third-order valence-electron chi connectivity index (χ3n) is 3.19. The number of ketones is 1. The molecule has 1 saturated carbocycles. The Morgan fingerprint density at radius 1 is 1.27 bits per heavy atom. The number of carbonyl (C=O) groups is 2. The average molecular weight is 211 g/mol. The van der Waals surface area contributed by atoms with E-state index >= 15 is 0 Å². The Labute approximate surface area is 91.6 Å². The zero-order valence-corrected chi connectivity index (χ0v) is 9.71. The fourth-order valence-electron chi connectivity index (χ4n) is 2.06. The van der Waals surface area contributed by atoms with Crippen molar-refractivity contribution in [1.82, 2.24) is 5.32 Å². The van der Waals surface area contributed by atoms with E-state index in [-0.39, 0.29) is 17.7 Å². The summed E-state index contributed by atoms with van der Waals surface area (Å²) < 4.78 is 0. The van der Waals surface area contributed by atoms with Crippen LogP contribution in [0.1, 0.15) is 52.4 Å². The molecular formula is C12H21NO2. The van der Waals surface area contributed by atoms with Crippen LogP contribution in [0.5, 0.6) is 0 Å². The predicted octanol–water partition coefficient (Wildman–Crippen LogP) is 2.05. The molecule has 0 heterocycles. The number of hydrogen-bond acceptors (Lipinski definition) is 2. The molecule has 0 aromatic carbocycles. The molecule has 15 heavy (non-hydrogen) atoms. The molecule has 1 N–H and O–H groups in total. The fraction of sp³-hybridized carbons (Fsp3) is 0.833. The Bertz CT molecular complexity index is 232. The third kappa shape index (κ3) is 4.45. The van der Waals surface area contributed by atoms with Crippen molar-refractivity contribution in [2.45, 2.75) is 58.4 Å². The van der Waals surface area contributed by atoms with Crippen molar-refractivity contribution in [3.63, 3.8) is 0 Å². The molecule has 0 aliphatic heterocycles. The first-order valence-corrected chi connectivity index (χ1v) is 5.89. The summed E-state index contributed by atoms with van der Waals surface area (Å²) in [5.41, 5.74) is 0. The van der Waals surface area contributed by atoms with Crippen molar-refractivity contribution in [2.24, 2.45) is 5.92 Å². The van der Waals surface area contributed by atoms with Crippen molar-refractivity contribution in [2.75, 3.05) is 0 Å². The summed E-state index contributed by atoms with van der Waals surface area (Å²) in [6.45, 7) is 3.24. The molecule has 1 fully saturated rings. The molecule has 86 valence electrons. The maximum Gasteiger partial charge on any atom is 0.220 e. The van der Waals surface area contributed by atoms with Crippen LogP contribution >= 0.6 is 0 Å². The second-order valence-corrected chi connectivity index (χ2v) is 4.61. The molecule has 0 spiro atoms. The molecule has 0 aromatic rings. The Hall–Kier alpha value is -0.860. The van der Waals surface area contributed by atoms with Crippen LogP contribution in [-0.4, -0.2) is 17.7 Å². The highest BCUT2D eigenvalue weighted by molar-refractivity contribution is 5.87. The number of hydrogen-bond donors (Lipinski definition) is 1.